The molecule has 9 heteroatoms. The van der Waals surface area contributed by atoms with Gasteiger partial charge in [-0.3, -0.25) is 0 Å². The zero-order chi connectivity index (χ0) is 13.2. The highest BCUT2D eigenvalue weighted by molar-refractivity contribution is 7.99. The molecule has 2 heterocycles. The minimum absolute atomic E-state index is 0.0239. The lowest BCUT2D eigenvalue weighted by atomic mass is 10.3. The Balaban J connectivity index is 1.84. The lowest BCUT2D eigenvalue weighted by Crippen LogP contribution is -2.15. The van der Waals surface area contributed by atoms with E-state index in [-0.39, 0.29) is 5.84 Å². The van der Waals surface area contributed by atoms with Crippen LogP contribution in [0.2, 0.25) is 0 Å². The Morgan fingerprint density at radius 2 is 2.32 bits per heavy atom. The fraction of sp³-hybridized carbons (Fsp3) is 0.300. The Morgan fingerprint density at radius 3 is 3.05 bits per heavy atom. The standard InChI is InChI=1S/C10H11N7OS/c11-9(14-18)7-2-1-3-8(12-7)19-10-13-15-16-17(10)6-4-5-6/h1-3,6,18H,4-5H2,(H2,11,14). The van der Waals surface area contributed by atoms with Crippen molar-refractivity contribution in [3.63, 3.8) is 0 Å². The number of tetrazole rings is 1. The number of amidine groups is 1. The van der Waals surface area contributed by atoms with Crippen LogP contribution in [-0.4, -0.2) is 36.2 Å². The molecule has 0 amide bonds. The second-order valence-corrected chi connectivity index (χ2v) is 5.07. The maximum Gasteiger partial charge on any atom is 0.215 e. The van der Waals surface area contributed by atoms with E-state index in [1.807, 2.05) is 10.7 Å². The quantitative estimate of drug-likeness (QED) is 0.365. The summed E-state index contributed by atoms with van der Waals surface area (Å²) in [6, 6.07) is 5.69. The first-order chi connectivity index (χ1) is 9.28. The van der Waals surface area contributed by atoms with Gasteiger partial charge in [0.15, 0.2) is 5.84 Å². The van der Waals surface area contributed by atoms with E-state index in [1.165, 1.54) is 11.8 Å². The molecule has 0 bridgehead atoms. The molecule has 2 aromatic rings. The predicted molar refractivity (Wildman–Crippen MR) is 67.0 cm³/mol. The smallest absolute Gasteiger partial charge is 0.215 e. The largest absolute Gasteiger partial charge is 0.409 e. The molecule has 0 radical (unpaired) electrons. The van der Waals surface area contributed by atoms with Crippen LogP contribution in [0.3, 0.4) is 0 Å². The Hall–Kier alpha value is -2.16. The van der Waals surface area contributed by atoms with Gasteiger partial charge in [0.05, 0.1) is 6.04 Å². The molecule has 0 atom stereocenters. The highest BCUT2D eigenvalue weighted by atomic mass is 32.2. The summed E-state index contributed by atoms with van der Waals surface area (Å²) < 4.78 is 1.81. The molecule has 1 fully saturated rings. The first-order valence-corrected chi connectivity index (χ1v) is 6.50. The first kappa shape index (κ1) is 11.9. The van der Waals surface area contributed by atoms with Crippen LogP contribution in [0, 0.1) is 0 Å². The summed E-state index contributed by atoms with van der Waals surface area (Å²) in [7, 11) is 0. The molecule has 1 aliphatic rings. The van der Waals surface area contributed by atoms with E-state index in [4.69, 9.17) is 10.9 Å². The Kier molecular flexibility index (Phi) is 3.03. The van der Waals surface area contributed by atoms with Crippen LogP contribution >= 0.6 is 11.8 Å². The van der Waals surface area contributed by atoms with Crippen molar-refractivity contribution in [3.05, 3.63) is 23.9 Å². The van der Waals surface area contributed by atoms with Crippen molar-refractivity contribution in [3.8, 4) is 0 Å². The van der Waals surface area contributed by atoms with E-state index in [2.05, 4.69) is 25.7 Å². The summed E-state index contributed by atoms with van der Waals surface area (Å²) in [5.41, 5.74) is 5.92. The van der Waals surface area contributed by atoms with Gasteiger partial charge in [0.1, 0.15) is 10.7 Å². The summed E-state index contributed by atoms with van der Waals surface area (Å²) in [6.45, 7) is 0. The van der Waals surface area contributed by atoms with E-state index in [1.54, 1.807) is 12.1 Å². The maximum absolute atomic E-state index is 8.64. The average Bonchev–Trinajstić information content (AvgIpc) is 3.19. The van der Waals surface area contributed by atoms with Gasteiger partial charge < -0.3 is 10.9 Å². The van der Waals surface area contributed by atoms with E-state index < -0.39 is 0 Å². The van der Waals surface area contributed by atoms with Gasteiger partial charge in [-0.1, -0.05) is 11.2 Å². The summed E-state index contributed by atoms with van der Waals surface area (Å²) >= 11 is 1.35. The van der Waals surface area contributed by atoms with E-state index in [0.29, 0.717) is 21.9 Å². The van der Waals surface area contributed by atoms with Crippen LogP contribution in [0.1, 0.15) is 24.6 Å². The monoisotopic (exact) mass is 277 g/mol. The molecule has 98 valence electrons. The molecule has 0 spiro atoms. The molecule has 1 saturated carbocycles. The lowest BCUT2D eigenvalue weighted by Gasteiger charge is -2.03. The van der Waals surface area contributed by atoms with Gasteiger partial charge in [0.2, 0.25) is 5.16 Å². The molecule has 2 aromatic heterocycles. The minimum atomic E-state index is -0.0239. The summed E-state index contributed by atoms with van der Waals surface area (Å²) in [5, 5.41) is 24.6. The zero-order valence-electron chi connectivity index (χ0n) is 9.84. The molecule has 1 aliphatic carbocycles. The minimum Gasteiger partial charge on any atom is -0.409 e. The fourth-order valence-electron chi connectivity index (χ4n) is 1.56. The van der Waals surface area contributed by atoms with Crippen molar-refractivity contribution in [2.45, 2.75) is 29.1 Å². The van der Waals surface area contributed by atoms with Gasteiger partial charge in [-0.15, -0.1) is 5.10 Å². The zero-order valence-corrected chi connectivity index (χ0v) is 10.7. The Labute approximate surface area is 112 Å². The second-order valence-electron chi connectivity index (χ2n) is 4.09. The van der Waals surface area contributed by atoms with Crippen LogP contribution in [-0.2, 0) is 0 Å². The highest BCUT2D eigenvalue weighted by Gasteiger charge is 2.28. The van der Waals surface area contributed by atoms with Gasteiger partial charge in [-0.05, 0) is 47.2 Å². The Bertz CT molecular complexity index is 622. The second kappa shape index (κ2) is 4.84. The number of rotatable bonds is 4. The molecular formula is C10H11N7OS. The number of nitrogens with zero attached hydrogens (tertiary/aromatic N) is 6. The van der Waals surface area contributed by atoms with Gasteiger partial charge in [-0.25, -0.2) is 9.67 Å². The first-order valence-electron chi connectivity index (χ1n) is 5.68. The number of oxime groups is 1. The lowest BCUT2D eigenvalue weighted by molar-refractivity contribution is 0.318. The van der Waals surface area contributed by atoms with E-state index >= 15 is 0 Å². The van der Waals surface area contributed by atoms with Crippen molar-refractivity contribution in [2.75, 3.05) is 0 Å². The molecule has 0 aromatic carbocycles. The van der Waals surface area contributed by atoms with Crippen molar-refractivity contribution in [2.24, 2.45) is 10.9 Å². The summed E-state index contributed by atoms with van der Waals surface area (Å²) in [6.07, 6.45) is 2.21. The van der Waals surface area contributed by atoms with Gasteiger partial charge >= 0.3 is 0 Å². The number of hydrogen-bond acceptors (Lipinski definition) is 7. The highest BCUT2D eigenvalue weighted by Crippen LogP contribution is 2.37. The van der Waals surface area contributed by atoms with Crippen molar-refractivity contribution < 1.29 is 5.21 Å². The van der Waals surface area contributed by atoms with Crippen molar-refractivity contribution in [1.82, 2.24) is 25.2 Å². The Morgan fingerprint density at radius 1 is 1.47 bits per heavy atom. The van der Waals surface area contributed by atoms with Gasteiger partial charge in [-0.2, -0.15) is 0 Å². The maximum atomic E-state index is 8.64. The van der Waals surface area contributed by atoms with Gasteiger partial charge in [0, 0.05) is 0 Å². The third kappa shape index (κ3) is 2.50. The normalized spacial score (nSPS) is 15.7. The SMILES string of the molecule is NC(=NO)c1cccc(Sc2nnnn2C2CC2)n1. The molecule has 0 unspecified atom stereocenters. The molecule has 0 saturated heterocycles. The average molecular weight is 277 g/mol. The van der Waals surface area contributed by atoms with Crippen molar-refractivity contribution in [1.29, 1.82) is 0 Å². The third-order valence-electron chi connectivity index (χ3n) is 2.64. The van der Waals surface area contributed by atoms with Crippen LogP contribution in [0.4, 0.5) is 0 Å². The molecule has 8 nitrogen and oxygen atoms in total. The van der Waals surface area contributed by atoms with Crippen molar-refractivity contribution >= 4 is 17.6 Å². The summed E-state index contributed by atoms with van der Waals surface area (Å²) in [5.74, 6) is -0.0239. The summed E-state index contributed by atoms with van der Waals surface area (Å²) in [4.78, 5) is 4.28. The number of aromatic nitrogens is 5. The predicted octanol–water partition coefficient (Wildman–Crippen LogP) is 0.649. The molecule has 0 aliphatic heterocycles. The number of pyridine rings is 1. The fourth-order valence-corrected chi connectivity index (χ4v) is 2.39. The molecular weight excluding hydrogens is 266 g/mol. The number of nitrogens with two attached hydrogens (primary N) is 1. The number of hydrogen-bond donors (Lipinski definition) is 2. The molecule has 19 heavy (non-hydrogen) atoms. The van der Waals surface area contributed by atoms with Gasteiger partial charge in [0.25, 0.3) is 0 Å². The van der Waals surface area contributed by atoms with E-state index in [9.17, 15) is 0 Å². The van der Waals surface area contributed by atoms with Crippen LogP contribution < -0.4 is 5.73 Å². The third-order valence-corrected chi connectivity index (χ3v) is 3.53. The topological polar surface area (TPSA) is 115 Å². The van der Waals surface area contributed by atoms with Crippen LogP contribution in [0.15, 0.2) is 33.5 Å². The van der Waals surface area contributed by atoms with Crippen LogP contribution in [0.5, 0.6) is 0 Å². The molecule has 3 N–H and O–H groups in total. The van der Waals surface area contributed by atoms with Crippen LogP contribution in [0.25, 0.3) is 0 Å². The molecule has 3 rings (SSSR count). The van der Waals surface area contributed by atoms with E-state index in [0.717, 1.165) is 12.8 Å².